The van der Waals surface area contributed by atoms with E-state index >= 15 is 0 Å². The molecule has 0 radical (unpaired) electrons. The summed E-state index contributed by atoms with van der Waals surface area (Å²) in [6.07, 6.45) is 5.11. The van der Waals surface area contributed by atoms with E-state index in [-0.39, 0.29) is 13.2 Å². The molecule has 0 saturated carbocycles. The summed E-state index contributed by atoms with van der Waals surface area (Å²) in [6, 6.07) is 10.0. The molecule has 0 spiro atoms. The van der Waals surface area contributed by atoms with Crippen molar-refractivity contribution in [2.45, 2.75) is 0 Å². The van der Waals surface area contributed by atoms with Gasteiger partial charge in [0.05, 0.1) is 26.4 Å². The van der Waals surface area contributed by atoms with E-state index in [4.69, 9.17) is 10.2 Å². The maximum absolute atomic E-state index is 8.09. The summed E-state index contributed by atoms with van der Waals surface area (Å²) in [5.41, 5.74) is 1.17. The van der Waals surface area contributed by atoms with E-state index in [2.05, 4.69) is 24.5 Å². The molecule has 106 valence electrons. The van der Waals surface area contributed by atoms with Crippen LogP contribution in [0.1, 0.15) is 5.56 Å². The first-order valence-electron chi connectivity index (χ1n) is 5.97. The summed E-state index contributed by atoms with van der Waals surface area (Å²) in [5, 5.41) is 16.2. The fraction of sp³-hybridized carbons (Fsp3) is 0.250. The zero-order chi connectivity index (χ0) is 14.8. The summed E-state index contributed by atoms with van der Waals surface area (Å²) >= 11 is 0. The number of allylic oxidation sites excluding steroid dienone is 2. The van der Waals surface area contributed by atoms with Crippen LogP contribution < -0.4 is 0 Å². The predicted octanol–water partition coefficient (Wildman–Crippen LogP) is 2.68. The maximum atomic E-state index is 8.09. The number of aliphatic hydroxyl groups is 2. The van der Waals surface area contributed by atoms with Gasteiger partial charge < -0.3 is 14.9 Å². The van der Waals surface area contributed by atoms with Crippen molar-refractivity contribution in [2.24, 2.45) is 0 Å². The van der Waals surface area contributed by atoms with Crippen LogP contribution in [0.4, 0.5) is 0 Å². The smallest absolute Gasteiger partial charge is 0.0698 e. The summed E-state index contributed by atoms with van der Waals surface area (Å²) in [7, 11) is 0. The SMILES string of the molecule is C=CC=C.C=Cc1ccccc1.OCCOCCO. The van der Waals surface area contributed by atoms with Crippen LogP contribution in [0, 0.1) is 0 Å². The van der Waals surface area contributed by atoms with Crippen molar-refractivity contribution in [3.8, 4) is 0 Å². The van der Waals surface area contributed by atoms with Gasteiger partial charge in [-0.05, 0) is 5.56 Å². The van der Waals surface area contributed by atoms with E-state index in [1.54, 1.807) is 12.2 Å². The van der Waals surface area contributed by atoms with Crippen LogP contribution in [-0.4, -0.2) is 36.6 Å². The number of hydrogen-bond acceptors (Lipinski definition) is 3. The zero-order valence-electron chi connectivity index (χ0n) is 11.4. The van der Waals surface area contributed by atoms with E-state index in [1.807, 2.05) is 36.4 Å². The molecule has 0 aliphatic rings. The van der Waals surface area contributed by atoms with Crippen LogP contribution in [0.15, 0.2) is 62.2 Å². The molecule has 1 aromatic carbocycles. The summed E-state index contributed by atoms with van der Waals surface area (Å²) < 4.78 is 4.63. The van der Waals surface area contributed by atoms with E-state index in [1.165, 1.54) is 5.56 Å². The average Bonchev–Trinajstić information content (AvgIpc) is 2.49. The fourth-order valence-corrected chi connectivity index (χ4v) is 0.820. The summed E-state index contributed by atoms with van der Waals surface area (Å²) in [4.78, 5) is 0. The third kappa shape index (κ3) is 18.9. The van der Waals surface area contributed by atoms with Crippen molar-refractivity contribution in [2.75, 3.05) is 26.4 Å². The average molecular weight is 264 g/mol. The minimum absolute atomic E-state index is 0.0278. The highest BCUT2D eigenvalue weighted by atomic mass is 16.5. The molecule has 0 fully saturated rings. The van der Waals surface area contributed by atoms with E-state index < -0.39 is 0 Å². The Bertz CT molecular complexity index is 297. The molecular weight excluding hydrogens is 240 g/mol. The van der Waals surface area contributed by atoms with Crippen molar-refractivity contribution >= 4 is 6.08 Å². The quantitative estimate of drug-likeness (QED) is 0.613. The van der Waals surface area contributed by atoms with Crippen LogP contribution in [0.25, 0.3) is 6.08 Å². The van der Waals surface area contributed by atoms with Gasteiger partial charge in [0.1, 0.15) is 0 Å². The van der Waals surface area contributed by atoms with Gasteiger partial charge in [-0.25, -0.2) is 0 Å². The lowest BCUT2D eigenvalue weighted by molar-refractivity contribution is 0.0650. The van der Waals surface area contributed by atoms with Crippen molar-refractivity contribution in [1.82, 2.24) is 0 Å². The monoisotopic (exact) mass is 264 g/mol. The number of hydrogen-bond donors (Lipinski definition) is 2. The summed E-state index contributed by atoms with van der Waals surface area (Å²) in [5.74, 6) is 0. The Kier molecular flexibility index (Phi) is 19.3. The normalized spacial score (nSPS) is 8.11. The highest BCUT2D eigenvalue weighted by Gasteiger charge is 1.79. The van der Waals surface area contributed by atoms with Gasteiger partial charge in [-0.3, -0.25) is 0 Å². The van der Waals surface area contributed by atoms with E-state index in [0.717, 1.165) is 0 Å². The molecule has 1 rings (SSSR count). The van der Waals surface area contributed by atoms with Crippen LogP contribution in [-0.2, 0) is 4.74 Å². The molecule has 1 aromatic rings. The number of ether oxygens (including phenoxy) is 1. The Labute approximate surface area is 116 Å². The standard InChI is InChI=1S/C8H8.C4H10O3.C4H6/c1-2-8-6-4-3-5-7-8;5-1-3-7-4-2-6;1-3-4-2/h2-7H,1H2;5-6H,1-4H2;3-4H,1-2H2. The molecule has 3 heteroatoms. The van der Waals surface area contributed by atoms with E-state index in [9.17, 15) is 0 Å². The van der Waals surface area contributed by atoms with Crippen molar-refractivity contribution in [3.63, 3.8) is 0 Å². The highest BCUT2D eigenvalue weighted by Crippen LogP contribution is 1.97. The molecule has 3 nitrogen and oxygen atoms in total. The van der Waals surface area contributed by atoms with Gasteiger partial charge in [0.15, 0.2) is 0 Å². The number of rotatable bonds is 6. The van der Waals surface area contributed by atoms with Gasteiger partial charge in [0.25, 0.3) is 0 Å². The van der Waals surface area contributed by atoms with Gasteiger partial charge in [-0.1, -0.05) is 68.3 Å². The first-order chi connectivity index (χ1) is 9.26. The lowest BCUT2D eigenvalue weighted by atomic mass is 10.2. The maximum Gasteiger partial charge on any atom is 0.0698 e. The molecular formula is C16H24O3. The second-order valence-electron chi connectivity index (χ2n) is 3.15. The lowest BCUT2D eigenvalue weighted by Crippen LogP contribution is -2.03. The van der Waals surface area contributed by atoms with Crippen molar-refractivity contribution in [1.29, 1.82) is 0 Å². The third-order valence-electron chi connectivity index (χ3n) is 1.67. The Balaban J connectivity index is 0. The largest absolute Gasteiger partial charge is 0.394 e. The Hall–Kier alpha value is -1.68. The molecule has 19 heavy (non-hydrogen) atoms. The molecule has 0 amide bonds. The Morgan fingerprint density at radius 1 is 0.895 bits per heavy atom. The minimum Gasteiger partial charge on any atom is -0.394 e. The molecule has 0 aromatic heterocycles. The highest BCUT2D eigenvalue weighted by molar-refractivity contribution is 5.45. The predicted molar refractivity (Wildman–Crippen MR) is 81.9 cm³/mol. The van der Waals surface area contributed by atoms with E-state index in [0.29, 0.717) is 13.2 Å². The fourth-order valence-electron chi connectivity index (χ4n) is 0.820. The molecule has 0 bridgehead atoms. The second-order valence-corrected chi connectivity index (χ2v) is 3.15. The Morgan fingerprint density at radius 3 is 1.63 bits per heavy atom. The molecule has 0 saturated heterocycles. The van der Waals surface area contributed by atoms with Gasteiger partial charge in [-0.2, -0.15) is 0 Å². The first kappa shape index (κ1) is 19.7. The molecule has 0 aliphatic heterocycles. The molecule has 0 atom stereocenters. The van der Waals surface area contributed by atoms with Gasteiger partial charge in [-0.15, -0.1) is 0 Å². The first-order valence-corrected chi connectivity index (χ1v) is 5.97. The summed E-state index contributed by atoms with van der Waals surface area (Å²) in [6.45, 7) is 11.0. The van der Waals surface area contributed by atoms with Gasteiger partial charge in [0.2, 0.25) is 0 Å². The van der Waals surface area contributed by atoms with Crippen molar-refractivity contribution in [3.05, 3.63) is 67.8 Å². The third-order valence-corrected chi connectivity index (χ3v) is 1.67. The molecule has 0 unspecified atom stereocenters. The second kappa shape index (κ2) is 18.7. The van der Waals surface area contributed by atoms with Crippen molar-refractivity contribution < 1.29 is 14.9 Å². The van der Waals surface area contributed by atoms with Crippen LogP contribution in [0.3, 0.4) is 0 Å². The molecule has 2 N–H and O–H groups in total. The number of benzene rings is 1. The lowest BCUT2D eigenvalue weighted by Gasteiger charge is -1.94. The van der Waals surface area contributed by atoms with Crippen LogP contribution >= 0.6 is 0 Å². The van der Waals surface area contributed by atoms with Crippen LogP contribution in [0.2, 0.25) is 0 Å². The van der Waals surface area contributed by atoms with Gasteiger partial charge in [0, 0.05) is 0 Å². The molecule has 0 heterocycles. The molecule has 0 aliphatic carbocycles. The minimum atomic E-state index is 0.0278. The zero-order valence-corrected chi connectivity index (χ0v) is 11.4. The topological polar surface area (TPSA) is 49.7 Å². The number of aliphatic hydroxyl groups excluding tert-OH is 2. The Morgan fingerprint density at radius 2 is 1.37 bits per heavy atom. The van der Waals surface area contributed by atoms with Crippen LogP contribution in [0.5, 0.6) is 0 Å². The van der Waals surface area contributed by atoms with Gasteiger partial charge >= 0.3 is 0 Å².